The fourth-order valence-corrected chi connectivity index (χ4v) is 2.01. The molecule has 0 radical (unpaired) electrons. The van der Waals surface area contributed by atoms with Crippen molar-refractivity contribution in [2.75, 3.05) is 23.4 Å². The Bertz CT molecular complexity index is 493. The van der Waals surface area contributed by atoms with Crippen LogP contribution in [-0.2, 0) is 0 Å². The number of anilines is 3. The molecule has 1 heterocycles. The minimum atomic E-state index is -0.664. The molecule has 1 aromatic heterocycles. The lowest BCUT2D eigenvalue weighted by Gasteiger charge is -2.14. The van der Waals surface area contributed by atoms with Gasteiger partial charge in [-0.2, -0.15) is 9.97 Å². The van der Waals surface area contributed by atoms with Crippen molar-refractivity contribution < 1.29 is 10.2 Å². The predicted molar refractivity (Wildman–Crippen MR) is 69.1 cm³/mol. The summed E-state index contributed by atoms with van der Waals surface area (Å²) in [7, 11) is 0. The molecule has 0 saturated heterocycles. The highest BCUT2D eigenvalue weighted by Gasteiger charge is 2.25. The van der Waals surface area contributed by atoms with Crippen LogP contribution in [-0.4, -0.2) is 38.9 Å². The summed E-state index contributed by atoms with van der Waals surface area (Å²) in [5, 5.41) is 21.7. The van der Waals surface area contributed by atoms with E-state index in [9.17, 15) is 5.11 Å². The summed E-state index contributed by atoms with van der Waals surface area (Å²) in [5.74, 6) is 0.335. The Labute approximate surface area is 108 Å². The fraction of sp³-hybridized carbons (Fsp3) is 0.400. The van der Waals surface area contributed by atoms with Crippen LogP contribution >= 0.6 is 11.6 Å². The molecular weight excluding hydrogens is 258 g/mol. The predicted octanol–water partition coefficient (Wildman–Crippen LogP) is -0.242. The molecule has 0 unspecified atom stereocenters. The third-order valence-corrected chi connectivity index (χ3v) is 3.03. The highest BCUT2D eigenvalue weighted by molar-refractivity contribution is 6.32. The van der Waals surface area contributed by atoms with E-state index in [0.717, 1.165) is 0 Å². The molecule has 8 heteroatoms. The van der Waals surface area contributed by atoms with Crippen LogP contribution in [0.2, 0.25) is 5.15 Å². The lowest BCUT2D eigenvalue weighted by Crippen LogP contribution is -2.20. The van der Waals surface area contributed by atoms with Crippen LogP contribution in [0.3, 0.4) is 0 Å². The van der Waals surface area contributed by atoms with Gasteiger partial charge in [-0.25, -0.2) is 0 Å². The second-order valence-corrected chi connectivity index (χ2v) is 4.39. The van der Waals surface area contributed by atoms with Crippen molar-refractivity contribution in [2.45, 2.75) is 18.6 Å². The van der Waals surface area contributed by atoms with Gasteiger partial charge in [-0.05, 0) is 5.57 Å². The number of nitrogen functional groups attached to an aromatic ring is 2. The van der Waals surface area contributed by atoms with Crippen molar-refractivity contribution >= 4 is 29.1 Å². The highest BCUT2D eigenvalue weighted by Crippen LogP contribution is 2.28. The fourth-order valence-electron chi connectivity index (χ4n) is 1.83. The van der Waals surface area contributed by atoms with Gasteiger partial charge in [0.05, 0.1) is 12.7 Å². The van der Waals surface area contributed by atoms with Crippen LogP contribution in [0.4, 0.5) is 17.5 Å². The van der Waals surface area contributed by atoms with Gasteiger partial charge in [0.25, 0.3) is 0 Å². The lowest BCUT2D eigenvalue weighted by atomic mass is 10.2. The van der Waals surface area contributed by atoms with Gasteiger partial charge < -0.3 is 27.0 Å². The van der Waals surface area contributed by atoms with Gasteiger partial charge in [0.2, 0.25) is 5.95 Å². The molecule has 0 amide bonds. The molecule has 0 aromatic carbocycles. The molecule has 2 atom stereocenters. The Morgan fingerprint density at radius 1 is 1.44 bits per heavy atom. The zero-order chi connectivity index (χ0) is 13.3. The zero-order valence-corrected chi connectivity index (χ0v) is 10.2. The molecule has 7 nitrogen and oxygen atoms in total. The molecule has 1 aromatic rings. The normalized spacial score (nSPS) is 22.9. The summed E-state index contributed by atoms with van der Waals surface area (Å²) in [4.78, 5) is 7.66. The third kappa shape index (κ3) is 2.47. The van der Waals surface area contributed by atoms with Crippen LogP contribution in [0.5, 0.6) is 0 Å². The maximum Gasteiger partial charge on any atom is 0.223 e. The first-order valence-corrected chi connectivity index (χ1v) is 5.73. The summed E-state index contributed by atoms with van der Waals surface area (Å²) in [6.45, 7) is -0.179. The number of aromatic nitrogens is 2. The molecule has 2 rings (SSSR count). The first kappa shape index (κ1) is 12.9. The number of hydrogen-bond donors (Lipinski definition) is 5. The highest BCUT2D eigenvalue weighted by atomic mass is 35.5. The summed E-state index contributed by atoms with van der Waals surface area (Å²) in [5.41, 5.74) is 12.0. The second kappa shape index (κ2) is 4.97. The summed E-state index contributed by atoms with van der Waals surface area (Å²) >= 11 is 5.79. The smallest absolute Gasteiger partial charge is 0.223 e. The number of aliphatic hydroxyl groups excluding tert-OH is 2. The number of halogens is 1. The van der Waals surface area contributed by atoms with Crippen molar-refractivity contribution in [2.24, 2.45) is 0 Å². The average Bonchev–Trinajstić information content (AvgIpc) is 2.65. The van der Waals surface area contributed by atoms with Gasteiger partial charge in [-0.3, -0.25) is 0 Å². The maximum absolute atomic E-state index is 9.63. The SMILES string of the molecule is Nc1nc(Cl)c(N)c(N[C@@H]2C=C(CO)[C@H](O)C2)n1. The first-order chi connectivity index (χ1) is 8.51. The van der Waals surface area contributed by atoms with Crippen molar-refractivity contribution in [3.8, 4) is 0 Å². The standard InChI is InChI=1S/C10H14ClN5O2/c11-8-7(12)9(16-10(13)15-8)14-5-1-4(3-17)6(18)2-5/h1,5-6,17-18H,2-3,12H2,(H3,13,14,15,16)/t5-,6-/m1/s1. The van der Waals surface area contributed by atoms with Gasteiger partial charge in [0.1, 0.15) is 5.69 Å². The van der Waals surface area contributed by atoms with E-state index >= 15 is 0 Å². The number of nitrogens with zero attached hydrogens (tertiary/aromatic N) is 2. The van der Waals surface area contributed by atoms with E-state index in [4.69, 9.17) is 28.2 Å². The van der Waals surface area contributed by atoms with E-state index < -0.39 is 6.10 Å². The number of rotatable bonds is 3. The lowest BCUT2D eigenvalue weighted by molar-refractivity contribution is 0.188. The molecule has 18 heavy (non-hydrogen) atoms. The van der Waals surface area contributed by atoms with Gasteiger partial charge in [-0.15, -0.1) is 0 Å². The van der Waals surface area contributed by atoms with Crippen molar-refractivity contribution in [3.05, 3.63) is 16.8 Å². The van der Waals surface area contributed by atoms with Crippen LogP contribution in [0.1, 0.15) is 6.42 Å². The molecule has 0 bridgehead atoms. The quantitative estimate of drug-likeness (QED) is 0.379. The van der Waals surface area contributed by atoms with Gasteiger partial charge >= 0.3 is 0 Å². The Kier molecular flexibility index (Phi) is 3.55. The van der Waals surface area contributed by atoms with E-state index in [0.29, 0.717) is 17.8 Å². The van der Waals surface area contributed by atoms with E-state index in [1.165, 1.54) is 0 Å². The molecular formula is C10H14ClN5O2. The molecule has 0 saturated carbocycles. The summed E-state index contributed by atoms with van der Waals surface area (Å²) in [6.07, 6.45) is 1.50. The minimum Gasteiger partial charge on any atom is -0.393 e. The van der Waals surface area contributed by atoms with Gasteiger partial charge in [-0.1, -0.05) is 17.7 Å². The molecule has 1 aliphatic carbocycles. The van der Waals surface area contributed by atoms with Crippen molar-refractivity contribution in [1.29, 1.82) is 0 Å². The number of nitrogens with one attached hydrogen (secondary N) is 1. The molecule has 0 fully saturated rings. The van der Waals surface area contributed by atoms with Crippen LogP contribution < -0.4 is 16.8 Å². The zero-order valence-electron chi connectivity index (χ0n) is 9.47. The van der Waals surface area contributed by atoms with E-state index in [-0.39, 0.29) is 29.4 Å². The second-order valence-electron chi connectivity index (χ2n) is 4.04. The van der Waals surface area contributed by atoms with Gasteiger partial charge in [0, 0.05) is 12.5 Å². The number of aliphatic hydroxyl groups is 2. The largest absolute Gasteiger partial charge is 0.393 e. The van der Waals surface area contributed by atoms with Crippen molar-refractivity contribution in [3.63, 3.8) is 0 Å². The van der Waals surface area contributed by atoms with E-state index in [2.05, 4.69) is 15.3 Å². The van der Waals surface area contributed by atoms with Crippen molar-refractivity contribution in [1.82, 2.24) is 9.97 Å². The van der Waals surface area contributed by atoms with E-state index in [1.807, 2.05) is 0 Å². The third-order valence-electron chi connectivity index (χ3n) is 2.74. The minimum absolute atomic E-state index is 0.0154. The Morgan fingerprint density at radius 2 is 2.17 bits per heavy atom. The summed E-state index contributed by atoms with van der Waals surface area (Å²) in [6, 6.07) is -0.185. The molecule has 7 N–H and O–H groups in total. The molecule has 98 valence electrons. The topological polar surface area (TPSA) is 130 Å². The monoisotopic (exact) mass is 271 g/mol. The average molecular weight is 272 g/mol. The molecule has 0 spiro atoms. The van der Waals surface area contributed by atoms with Gasteiger partial charge in [0.15, 0.2) is 11.0 Å². The Morgan fingerprint density at radius 3 is 2.78 bits per heavy atom. The number of hydrogen-bond acceptors (Lipinski definition) is 7. The number of nitrogens with two attached hydrogens (primary N) is 2. The Balaban J connectivity index is 2.18. The maximum atomic E-state index is 9.63. The summed E-state index contributed by atoms with van der Waals surface area (Å²) < 4.78 is 0. The molecule has 0 aliphatic heterocycles. The van der Waals surface area contributed by atoms with Crippen LogP contribution in [0.15, 0.2) is 11.6 Å². The van der Waals surface area contributed by atoms with Crippen LogP contribution in [0.25, 0.3) is 0 Å². The Hall–Kier alpha value is -1.57. The molecule has 1 aliphatic rings. The van der Waals surface area contributed by atoms with Crippen LogP contribution in [0, 0.1) is 0 Å². The van der Waals surface area contributed by atoms with E-state index in [1.54, 1.807) is 6.08 Å². The first-order valence-electron chi connectivity index (χ1n) is 5.35.